The summed E-state index contributed by atoms with van der Waals surface area (Å²) in [6, 6.07) is 13.9. The van der Waals surface area contributed by atoms with Gasteiger partial charge in [0.25, 0.3) is 5.56 Å². The number of fused-ring (bicyclic) bond motifs is 1. The average molecular weight is 489 g/mol. The van der Waals surface area contributed by atoms with Crippen LogP contribution in [0.4, 0.5) is 0 Å². The van der Waals surface area contributed by atoms with Gasteiger partial charge in [0.1, 0.15) is 18.1 Å². The fourth-order valence-electron chi connectivity index (χ4n) is 3.88. The Kier molecular flexibility index (Phi) is 7.18. The Bertz CT molecular complexity index is 1510. The fourth-order valence-corrected chi connectivity index (χ4v) is 4.92. The van der Waals surface area contributed by atoms with Gasteiger partial charge in [-0.3, -0.25) is 9.36 Å². The number of allylic oxidation sites excluding steroid dienone is 1. The zero-order valence-electron chi connectivity index (χ0n) is 19.6. The standard InChI is InChI=1S/C27H24N2O5S/c1-5-15-34-21-10-8-7-9-19(21)16-22-25(30)29-24(18-11-13-20(32-4)14-12-18)23(26(31)33-6-2)17(3)28-27(29)35-22/h1,7-14,16,24H,6,15H2,2-4H3/b22-16-/t24-/m1/s1. The molecule has 0 bridgehead atoms. The van der Waals surface area contributed by atoms with Crippen molar-refractivity contribution >= 4 is 23.4 Å². The number of hydrogen-bond acceptors (Lipinski definition) is 7. The van der Waals surface area contributed by atoms with Crippen LogP contribution in [0, 0.1) is 12.3 Å². The summed E-state index contributed by atoms with van der Waals surface area (Å²) in [5.41, 5.74) is 2.03. The van der Waals surface area contributed by atoms with Crippen LogP contribution in [-0.2, 0) is 9.53 Å². The molecule has 0 unspecified atom stereocenters. The Morgan fingerprint density at radius 3 is 2.66 bits per heavy atom. The number of rotatable bonds is 7. The van der Waals surface area contributed by atoms with Gasteiger partial charge in [-0.15, -0.1) is 6.42 Å². The van der Waals surface area contributed by atoms with E-state index in [9.17, 15) is 9.59 Å². The van der Waals surface area contributed by atoms with Crippen molar-refractivity contribution in [3.63, 3.8) is 0 Å². The van der Waals surface area contributed by atoms with E-state index < -0.39 is 12.0 Å². The van der Waals surface area contributed by atoms with Crippen LogP contribution < -0.4 is 24.4 Å². The number of carbonyl (C=O) groups excluding carboxylic acids is 1. The third-order valence-corrected chi connectivity index (χ3v) is 6.45. The highest BCUT2D eigenvalue weighted by atomic mass is 32.1. The van der Waals surface area contributed by atoms with E-state index in [1.807, 2.05) is 30.3 Å². The maximum atomic E-state index is 13.7. The number of ether oxygens (including phenoxy) is 3. The second-order valence-corrected chi connectivity index (χ2v) is 8.62. The third kappa shape index (κ3) is 4.77. The molecule has 1 aliphatic rings. The van der Waals surface area contributed by atoms with E-state index in [-0.39, 0.29) is 18.8 Å². The number of methoxy groups -OCH3 is 1. The number of thiazole rings is 1. The molecule has 2 aromatic carbocycles. The largest absolute Gasteiger partial charge is 0.497 e. The molecular weight excluding hydrogens is 464 g/mol. The zero-order valence-corrected chi connectivity index (χ0v) is 20.4. The molecule has 1 aromatic heterocycles. The van der Waals surface area contributed by atoms with Gasteiger partial charge >= 0.3 is 5.97 Å². The second kappa shape index (κ2) is 10.5. The highest BCUT2D eigenvalue weighted by molar-refractivity contribution is 7.07. The monoisotopic (exact) mass is 488 g/mol. The molecule has 35 heavy (non-hydrogen) atoms. The van der Waals surface area contributed by atoms with Crippen LogP contribution in [-0.4, -0.2) is 30.9 Å². The average Bonchev–Trinajstić information content (AvgIpc) is 3.17. The Balaban J connectivity index is 1.92. The smallest absolute Gasteiger partial charge is 0.338 e. The van der Waals surface area contributed by atoms with Crippen molar-refractivity contribution < 1.29 is 19.0 Å². The van der Waals surface area contributed by atoms with E-state index in [1.165, 1.54) is 11.3 Å². The van der Waals surface area contributed by atoms with Crippen molar-refractivity contribution in [2.45, 2.75) is 19.9 Å². The number of terminal acetylenes is 1. The van der Waals surface area contributed by atoms with E-state index in [0.29, 0.717) is 32.1 Å². The molecule has 0 aliphatic carbocycles. The van der Waals surface area contributed by atoms with Crippen LogP contribution in [0.25, 0.3) is 6.08 Å². The van der Waals surface area contributed by atoms with Gasteiger partial charge in [0.05, 0.1) is 35.6 Å². The number of nitrogens with zero attached hydrogens (tertiary/aromatic N) is 2. The van der Waals surface area contributed by atoms with Crippen molar-refractivity contribution in [3.8, 4) is 23.8 Å². The van der Waals surface area contributed by atoms with Crippen molar-refractivity contribution in [3.05, 3.63) is 90.6 Å². The Morgan fingerprint density at radius 2 is 1.97 bits per heavy atom. The summed E-state index contributed by atoms with van der Waals surface area (Å²) in [4.78, 5) is 31.7. The van der Waals surface area contributed by atoms with Crippen molar-refractivity contribution in [1.29, 1.82) is 0 Å². The van der Waals surface area contributed by atoms with Gasteiger partial charge < -0.3 is 14.2 Å². The molecule has 1 atom stereocenters. The SMILES string of the molecule is C#CCOc1ccccc1/C=c1\sc2n(c1=O)[C@H](c1ccc(OC)cc1)C(C(=O)OCC)=C(C)N=2. The highest BCUT2D eigenvalue weighted by Gasteiger charge is 2.33. The quantitative estimate of drug-likeness (QED) is 0.378. The summed E-state index contributed by atoms with van der Waals surface area (Å²) in [7, 11) is 1.58. The molecule has 3 aromatic rings. The van der Waals surface area contributed by atoms with Crippen LogP contribution in [0.2, 0.25) is 0 Å². The van der Waals surface area contributed by atoms with Crippen LogP contribution in [0.5, 0.6) is 11.5 Å². The van der Waals surface area contributed by atoms with E-state index in [1.54, 1.807) is 49.8 Å². The second-order valence-electron chi connectivity index (χ2n) is 7.61. The zero-order chi connectivity index (χ0) is 24.9. The van der Waals surface area contributed by atoms with E-state index >= 15 is 0 Å². The number of benzene rings is 2. The Hall–Kier alpha value is -4.09. The summed E-state index contributed by atoms with van der Waals surface area (Å²) in [5, 5.41) is 0. The number of esters is 1. The Labute approximate surface area is 206 Å². The van der Waals surface area contributed by atoms with Crippen LogP contribution in [0.1, 0.15) is 31.0 Å². The molecule has 0 fully saturated rings. The molecule has 1 aliphatic heterocycles. The fraction of sp³-hybridized carbons (Fsp3) is 0.222. The summed E-state index contributed by atoms with van der Waals surface area (Å²) in [5.74, 6) is 3.19. The van der Waals surface area contributed by atoms with Gasteiger partial charge in [-0.05, 0) is 43.7 Å². The molecule has 178 valence electrons. The summed E-state index contributed by atoms with van der Waals surface area (Å²) in [6.45, 7) is 3.82. The first-order chi connectivity index (χ1) is 17.0. The minimum Gasteiger partial charge on any atom is -0.497 e. The molecule has 8 heteroatoms. The van der Waals surface area contributed by atoms with E-state index in [0.717, 1.165) is 11.1 Å². The van der Waals surface area contributed by atoms with E-state index in [4.69, 9.17) is 20.6 Å². The molecule has 0 saturated carbocycles. The first-order valence-electron chi connectivity index (χ1n) is 11.0. The molecule has 4 rings (SSSR count). The lowest BCUT2D eigenvalue weighted by Crippen LogP contribution is -2.39. The lowest BCUT2D eigenvalue weighted by atomic mass is 9.96. The first-order valence-corrected chi connectivity index (χ1v) is 11.8. The van der Waals surface area contributed by atoms with Gasteiger partial charge in [-0.1, -0.05) is 47.6 Å². The van der Waals surface area contributed by atoms with Gasteiger partial charge in [-0.2, -0.15) is 0 Å². The van der Waals surface area contributed by atoms with Gasteiger partial charge in [0, 0.05) is 5.56 Å². The number of para-hydroxylation sites is 1. The van der Waals surface area contributed by atoms with Gasteiger partial charge in [0.15, 0.2) is 4.80 Å². The number of aromatic nitrogens is 1. The van der Waals surface area contributed by atoms with Crippen molar-refractivity contribution in [1.82, 2.24) is 4.57 Å². The molecule has 0 radical (unpaired) electrons. The lowest BCUT2D eigenvalue weighted by Gasteiger charge is -2.24. The predicted molar refractivity (Wildman–Crippen MR) is 134 cm³/mol. The number of hydrogen-bond donors (Lipinski definition) is 0. The van der Waals surface area contributed by atoms with Crippen LogP contribution in [0.15, 0.2) is 69.6 Å². The minimum absolute atomic E-state index is 0.117. The Morgan fingerprint density at radius 1 is 1.23 bits per heavy atom. The summed E-state index contributed by atoms with van der Waals surface area (Å²) >= 11 is 1.25. The lowest BCUT2D eigenvalue weighted by molar-refractivity contribution is -0.139. The van der Waals surface area contributed by atoms with E-state index in [2.05, 4.69) is 10.9 Å². The maximum Gasteiger partial charge on any atom is 0.338 e. The minimum atomic E-state index is -0.689. The first kappa shape index (κ1) is 24.0. The molecule has 7 nitrogen and oxygen atoms in total. The van der Waals surface area contributed by atoms with Gasteiger partial charge in [-0.25, -0.2) is 9.79 Å². The highest BCUT2D eigenvalue weighted by Crippen LogP contribution is 2.31. The summed E-state index contributed by atoms with van der Waals surface area (Å²) in [6.07, 6.45) is 7.08. The van der Waals surface area contributed by atoms with Crippen LogP contribution in [0.3, 0.4) is 0 Å². The topological polar surface area (TPSA) is 79.1 Å². The number of carbonyl (C=O) groups is 1. The molecule has 0 amide bonds. The van der Waals surface area contributed by atoms with Crippen molar-refractivity contribution in [2.75, 3.05) is 20.3 Å². The molecule has 0 saturated heterocycles. The molecular formula is C27H24N2O5S. The van der Waals surface area contributed by atoms with Gasteiger partial charge in [0.2, 0.25) is 0 Å². The predicted octanol–water partition coefficient (Wildman–Crippen LogP) is 2.82. The normalized spacial score (nSPS) is 15.1. The third-order valence-electron chi connectivity index (χ3n) is 5.47. The summed E-state index contributed by atoms with van der Waals surface area (Å²) < 4.78 is 18.2. The van der Waals surface area contributed by atoms with Crippen molar-refractivity contribution in [2.24, 2.45) is 4.99 Å². The van der Waals surface area contributed by atoms with Crippen LogP contribution >= 0.6 is 11.3 Å². The maximum absolute atomic E-state index is 13.7. The molecule has 2 heterocycles. The molecule has 0 spiro atoms. The molecule has 0 N–H and O–H groups in total.